The summed E-state index contributed by atoms with van der Waals surface area (Å²) < 4.78 is 10.4. The van der Waals surface area contributed by atoms with E-state index in [1.165, 1.54) is 13.0 Å². The van der Waals surface area contributed by atoms with Crippen LogP contribution in [0.4, 0.5) is 0 Å². The fourth-order valence-electron chi connectivity index (χ4n) is 3.57. The maximum atomic E-state index is 12.4. The maximum Gasteiger partial charge on any atom is 0.351 e. The number of para-hydroxylation sites is 1. The number of fused-ring (bicyclic) bond motifs is 1. The minimum atomic E-state index is -0.993. The molecule has 1 saturated carbocycles. The van der Waals surface area contributed by atoms with Crippen molar-refractivity contribution in [3.63, 3.8) is 0 Å². The molecule has 6 heteroatoms. The van der Waals surface area contributed by atoms with Crippen molar-refractivity contribution in [1.82, 2.24) is 5.32 Å². The monoisotopic (exact) mass is 371 g/mol. The number of ether oxygens (including phenoxy) is 1. The Morgan fingerprint density at radius 3 is 2.74 bits per heavy atom. The van der Waals surface area contributed by atoms with Crippen molar-refractivity contribution in [3.8, 4) is 0 Å². The van der Waals surface area contributed by atoms with Gasteiger partial charge in [-0.15, -0.1) is 0 Å². The zero-order valence-corrected chi connectivity index (χ0v) is 15.9. The second-order valence-electron chi connectivity index (χ2n) is 7.42. The minimum absolute atomic E-state index is 0.0770. The van der Waals surface area contributed by atoms with Gasteiger partial charge in [0.15, 0.2) is 6.10 Å². The third kappa shape index (κ3) is 4.21. The highest BCUT2D eigenvalue weighted by atomic mass is 16.5. The average Bonchev–Trinajstić information content (AvgIpc) is 2.64. The molecular weight excluding hydrogens is 346 g/mol. The molecule has 0 unspecified atom stereocenters. The Morgan fingerprint density at radius 1 is 1.22 bits per heavy atom. The van der Waals surface area contributed by atoms with Crippen molar-refractivity contribution < 1.29 is 18.7 Å². The minimum Gasteiger partial charge on any atom is -0.449 e. The van der Waals surface area contributed by atoms with Gasteiger partial charge in [-0.2, -0.15) is 0 Å². The Balaban J connectivity index is 1.67. The average molecular weight is 371 g/mol. The van der Waals surface area contributed by atoms with E-state index in [-0.39, 0.29) is 17.5 Å². The zero-order chi connectivity index (χ0) is 19.6. The molecule has 1 aliphatic rings. The Kier molecular flexibility index (Phi) is 5.63. The molecule has 1 fully saturated rings. The van der Waals surface area contributed by atoms with E-state index in [1.807, 2.05) is 0 Å². The highest BCUT2D eigenvalue weighted by Crippen LogP contribution is 2.29. The lowest BCUT2D eigenvalue weighted by Crippen LogP contribution is -2.47. The van der Waals surface area contributed by atoms with Crippen LogP contribution < -0.4 is 10.9 Å². The molecule has 1 amide bonds. The number of benzene rings is 1. The lowest BCUT2D eigenvalue weighted by molar-refractivity contribution is -0.130. The van der Waals surface area contributed by atoms with Gasteiger partial charge in [-0.1, -0.05) is 44.9 Å². The molecule has 0 saturated heterocycles. The molecule has 0 spiro atoms. The molecule has 4 atom stereocenters. The second-order valence-corrected chi connectivity index (χ2v) is 7.42. The first-order valence-electron chi connectivity index (χ1n) is 9.41. The second kappa shape index (κ2) is 7.94. The van der Waals surface area contributed by atoms with E-state index in [0.29, 0.717) is 22.8 Å². The number of rotatable bonds is 4. The lowest BCUT2D eigenvalue weighted by atomic mass is 9.78. The molecule has 1 aromatic heterocycles. The number of esters is 1. The Morgan fingerprint density at radius 2 is 1.96 bits per heavy atom. The molecule has 27 heavy (non-hydrogen) atoms. The van der Waals surface area contributed by atoms with Gasteiger partial charge in [-0.25, -0.2) is 9.59 Å². The standard InChI is InChI=1S/C21H25NO5/c1-12-7-6-9-17(13(12)2)22-19(23)14(3)26-20(24)16-11-15-8-4-5-10-18(15)27-21(16)25/h4-5,8,10-14,17H,6-7,9H2,1-3H3,(H,22,23)/t12-,13+,14+,17+/m0/s1. The van der Waals surface area contributed by atoms with Crippen LogP contribution in [0.2, 0.25) is 0 Å². The van der Waals surface area contributed by atoms with Gasteiger partial charge in [0, 0.05) is 11.4 Å². The highest BCUT2D eigenvalue weighted by molar-refractivity contribution is 5.94. The fourth-order valence-corrected chi connectivity index (χ4v) is 3.57. The van der Waals surface area contributed by atoms with Crippen LogP contribution in [0.5, 0.6) is 0 Å². The van der Waals surface area contributed by atoms with Crippen LogP contribution in [0.3, 0.4) is 0 Å². The van der Waals surface area contributed by atoms with Crippen molar-refractivity contribution in [2.75, 3.05) is 0 Å². The van der Waals surface area contributed by atoms with E-state index in [2.05, 4.69) is 19.2 Å². The number of carbonyl (C=O) groups is 2. The van der Waals surface area contributed by atoms with Crippen LogP contribution in [0.25, 0.3) is 11.0 Å². The molecule has 144 valence electrons. The van der Waals surface area contributed by atoms with Gasteiger partial charge in [0.25, 0.3) is 5.91 Å². The zero-order valence-electron chi connectivity index (χ0n) is 15.9. The van der Waals surface area contributed by atoms with Crippen molar-refractivity contribution >= 4 is 22.8 Å². The summed E-state index contributed by atoms with van der Waals surface area (Å²) in [5.41, 5.74) is -0.598. The molecule has 3 rings (SSSR count). The van der Waals surface area contributed by atoms with Crippen molar-refractivity contribution in [1.29, 1.82) is 0 Å². The molecule has 2 aromatic rings. The maximum absolute atomic E-state index is 12.4. The van der Waals surface area contributed by atoms with E-state index in [1.54, 1.807) is 24.3 Å². The van der Waals surface area contributed by atoms with E-state index in [4.69, 9.17) is 9.15 Å². The fraction of sp³-hybridized carbons (Fsp3) is 0.476. The first kappa shape index (κ1) is 19.1. The van der Waals surface area contributed by atoms with Gasteiger partial charge >= 0.3 is 11.6 Å². The highest BCUT2D eigenvalue weighted by Gasteiger charge is 2.30. The first-order valence-corrected chi connectivity index (χ1v) is 9.41. The van der Waals surface area contributed by atoms with Crippen LogP contribution >= 0.6 is 0 Å². The van der Waals surface area contributed by atoms with Crippen molar-refractivity contribution in [2.45, 2.75) is 52.2 Å². The summed E-state index contributed by atoms with van der Waals surface area (Å²) >= 11 is 0. The van der Waals surface area contributed by atoms with Crippen molar-refractivity contribution in [3.05, 3.63) is 46.3 Å². The number of amides is 1. The van der Waals surface area contributed by atoms with Gasteiger partial charge < -0.3 is 14.5 Å². The molecule has 1 aromatic carbocycles. The third-order valence-corrected chi connectivity index (χ3v) is 5.55. The van der Waals surface area contributed by atoms with Crippen LogP contribution in [0.15, 0.2) is 39.5 Å². The number of hydrogen-bond donors (Lipinski definition) is 1. The number of nitrogens with one attached hydrogen (secondary N) is 1. The van der Waals surface area contributed by atoms with Gasteiger partial charge in [-0.3, -0.25) is 4.79 Å². The van der Waals surface area contributed by atoms with Crippen molar-refractivity contribution in [2.24, 2.45) is 11.8 Å². The summed E-state index contributed by atoms with van der Waals surface area (Å²) in [5, 5.41) is 3.60. The molecule has 6 nitrogen and oxygen atoms in total. The molecule has 0 aliphatic heterocycles. The molecule has 1 aliphatic carbocycles. The quantitative estimate of drug-likeness (QED) is 0.658. The van der Waals surface area contributed by atoms with Crippen LogP contribution in [-0.2, 0) is 9.53 Å². The molecule has 0 radical (unpaired) electrons. The summed E-state index contributed by atoms with van der Waals surface area (Å²) in [4.78, 5) is 36.9. The smallest absolute Gasteiger partial charge is 0.351 e. The Labute approximate surface area is 157 Å². The Hall–Kier alpha value is -2.63. The topological polar surface area (TPSA) is 85.6 Å². The summed E-state index contributed by atoms with van der Waals surface area (Å²) in [5.74, 6) is -0.288. The molecule has 1 N–H and O–H groups in total. The third-order valence-electron chi connectivity index (χ3n) is 5.55. The Bertz CT molecular complexity index is 903. The number of hydrogen-bond acceptors (Lipinski definition) is 5. The number of carbonyl (C=O) groups excluding carboxylic acids is 2. The van der Waals surface area contributed by atoms with Crippen LogP contribution in [-0.4, -0.2) is 24.0 Å². The van der Waals surface area contributed by atoms with Gasteiger partial charge in [0.2, 0.25) is 0 Å². The van der Waals surface area contributed by atoms with E-state index in [9.17, 15) is 14.4 Å². The van der Waals surface area contributed by atoms with Crippen LogP contribution in [0, 0.1) is 11.8 Å². The van der Waals surface area contributed by atoms with Crippen LogP contribution in [0.1, 0.15) is 50.4 Å². The van der Waals surface area contributed by atoms with E-state index >= 15 is 0 Å². The lowest BCUT2D eigenvalue weighted by Gasteiger charge is -2.35. The molecule has 1 heterocycles. The predicted molar refractivity (Wildman–Crippen MR) is 101 cm³/mol. The van der Waals surface area contributed by atoms with E-state index in [0.717, 1.165) is 19.3 Å². The summed E-state index contributed by atoms with van der Waals surface area (Å²) in [6, 6.07) is 8.40. The van der Waals surface area contributed by atoms with Gasteiger partial charge in [0.1, 0.15) is 11.1 Å². The van der Waals surface area contributed by atoms with Gasteiger partial charge in [-0.05, 0) is 37.3 Å². The summed E-state index contributed by atoms with van der Waals surface area (Å²) in [7, 11) is 0. The van der Waals surface area contributed by atoms with E-state index < -0.39 is 17.7 Å². The summed E-state index contributed by atoms with van der Waals surface area (Å²) in [6.45, 7) is 5.82. The predicted octanol–water partition coefficient (Wildman–Crippen LogP) is 3.28. The summed E-state index contributed by atoms with van der Waals surface area (Å²) in [6.07, 6.45) is 2.16. The first-order chi connectivity index (χ1) is 12.9. The SMILES string of the molecule is C[C@@H]1[C@@H](C)CCC[C@H]1NC(=O)[C@@H](C)OC(=O)c1cc2ccccc2oc1=O. The normalized spacial score (nSPS) is 23.6. The molecule has 0 bridgehead atoms. The largest absolute Gasteiger partial charge is 0.449 e. The molecular formula is C21H25NO5. The van der Waals surface area contributed by atoms with Gasteiger partial charge in [0.05, 0.1) is 0 Å².